The molecule has 8 nitrogen and oxygen atoms in total. The van der Waals surface area contributed by atoms with Crippen LogP contribution in [-0.2, 0) is 33.2 Å². The Bertz CT molecular complexity index is 1310. The number of benzene rings is 2. The van der Waals surface area contributed by atoms with Gasteiger partial charge in [0.05, 0.1) is 35.8 Å². The van der Waals surface area contributed by atoms with E-state index < -0.39 is 24.3 Å². The molecule has 0 fully saturated rings. The Morgan fingerprint density at radius 1 is 1.05 bits per heavy atom. The molecule has 39 heavy (non-hydrogen) atoms. The van der Waals surface area contributed by atoms with E-state index in [4.69, 9.17) is 16.3 Å². The number of thioether (sulfide) groups is 1. The van der Waals surface area contributed by atoms with Crippen LogP contribution in [0.2, 0.25) is 5.02 Å². The summed E-state index contributed by atoms with van der Waals surface area (Å²) < 4.78 is 4.72. The van der Waals surface area contributed by atoms with E-state index in [1.807, 2.05) is 43.4 Å². The third-order valence-corrected chi connectivity index (χ3v) is 8.11. The van der Waals surface area contributed by atoms with Gasteiger partial charge in [-0.15, -0.1) is 23.1 Å². The Kier molecular flexibility index (Phi) is 11.5. The molecular weight excluding hydrogens is 560 g/mol. The van der Waals surface area contributed by atoms with Crippen LogP contribution >= 0.6 is 34.7 Å². The number of halogens is 1. The molecule has 1 amide bonds. The van der Waals surface area contributed by atoms with Crippen molar-refractivity contribution in [3.05, 3.63) is 92.1 Å². The number of nitrogens with one attached hydrogen (secondary N) is 1. The quantitative estimate of drug-likeness (QED) is 0.256. The van der Waals surface area contributed by atoms with Crippen LogP contribution in [0.25, 0.3) is 0 Å². The van der Waals surface area contributed by atoms with Crippen molar-refractivity contribution in [1.29, 1.82) is 0 Å². The molecule has 3 rings (SSSR count). The number of carbonyl (C=O) groups excluding carboxylic acids is 3. The number of hydrogen-bond acceptors (Lipinski definition) is 8. The highest BCUT2D eigenvalue weighted by atomic mass is 35.5. The van der Waals surface area contributed by atoms with Crippen LogP contribution in [0.15, 0.2) is 60.7 Å². The lowest BCUT2D eigenvalue weighted by Gasteiger charge is -2.16. The highest BCUT2D eigenvalue weighted by Crippen LogP contribution is 2.22. The van der Waals surface area contributed by atoms with Gasteiger partial charge in [-0.25, -0.2) is 4.79 Å². The van der Waals surface area contributed by atoms with Crippen molar-refractivity contribution >= 4 is 58.3 Å². The summed E-state index contributed by atoms with van der Waals surface area (Å²) in [6.45, 7) is 1.20. The van der Waals surface area contributed by atoms with Gasteiger partial charge in [0.25, 0.3) is 5.91 Å². The van der Waals surface area contributed by atoms with Crippen LogP contribution in [-0.4, -0.2) is 59.6 Å². The number of thiophene rings is 1. The minimum Gasteiger partial charge on any atom is -0.481 e. The lowest BCUT2D eigenvalue weighted by Crippen LogP contribution is -2.43. The van der Waals surface area contributed by atoms with Gasteiger partial charge >= 0.3 is 11.9 Å². The summed E-state index contributed by atoms with van der Waals surface area (Å²) in [6.07, 6.45) is -0.493. The zero-order valence-corrected chi connectivity index (χ0v) is 23.9. The Hall–Kier alpha value is -3.18. The lowest BCUT2D eigenvalue weighted by atomic mass is 10.1. The topological polar surface area (TPSA) is 113 Å². The van der Waals surface area contributed by atoms with Crippen molar-refractivity contribution in [2.45, 2.75) is 31.3 Å². The highest BCUT2D eigenvalue weighted by molar-refractivity contribution is 7.99. The standard InChI is InChI=1S/C28H29ClN2O6S2/c1-31(14-18-7-9-19(10-8-18)28(36)37-2)15-21-11-12-25(39-21)27(35)30-23(13-26(33)34)24(32)17-38-16-20-5-3-4-6-22(20)29/h3-12,23H,13-17H2,1-2H3,(H,30,35)(H,33,34)/t23-/m0/s1. The van der Waals surface area contributed by atoms with Crippen LogP contribution < -0.4 is 5.32 Å². The number of ketones is 1. The Labute approximate surface area is 240 Å². The first-order chi connectivity index (χ1) is 18.7. The first-order valence-electron chi connectivity index (χ1n) is 12.0. The van der Waals surface area contributed by atoms with E-state index in [-0.39, 0.29) is 17.5 Å². The third-order valence-electron chi connectivity index (χ3n) is 5.67. The van der Waals surface area contributed by atoms with Crippen LogP contribution in [0.3, 0.4) is 0 Å². The molecule has 2 aromatic carbocycles. The average Bonchev–Trinajstić information content (AvgIpc) is 3.37. The summed E-state index contributed by atoms with van der Waals surface area (Å²) in [6, 6.07) is 16.8. The van der Waals surface area contributed by atoms with Gasteiger partial charge in [0.2, 0.25) is 0 Å². The summed E-state index contributed by atoms with van der Waals surface area (Å²) in [5.74, 6) is -1.86. The predicted molar refractivity (Wildman–Crippen MR) is 153 cm³/mol. The van der Waals surface area contributed by atoms with Gasteiger partial charge < -0.3 is 15.2 Å². The summed E-state index contributed by atoms with van der Waals surface area (Å²) in [4.78, 5) is 52.0. The van der Waals surface area contributed by atoms with Crippen molar-refractivity contribution in [1.82, 2.24) is 10.2 Å². The number of esters is 1. The number of aliphatic carboxylic acids is 1. The number of nitrogens with zero attached hydrogens (tertiary/aromatic N) is 1. The van der Waals surface area contributed by atoms with Crippen molar-refractivity contribution in [2.24, 2.45) is 0 Å². The molecule has 3 aromatic rings. The fourth-order valence-electron chi connectivity index (χ4n) is 3.71. The predicted octanol–water partition coefficient (Wildman–Crippen LogP) is 4.90. The number of carboxylic acids is 1. The van der Waals surface area contributed by atoms with Gasteiger partial charge in [0, 0.05) is 28.7 Å². The summed E-state index contributed by atoms with van der Waals surface area (Å²) >= 11 is 8.76. The van der Waals surface area contributed by atoms with Gasteiger partial charge in [-0.2, -0.15) is 0 Å². The average molecular weight is 589 g/mol. The van der Waals surface area contributed by atoms with Crippen molar-refractivity contribution < 1.29 is 29.0 Å². The maximum Gasteiger partial charge on any atom is 0.337 e. The number of hydrogen-bond donors (Lipinski definition) is 2. The number of carboxylic acid groups (broad SMARTS) is 1. The van der Waals surface area contributed by atoms with Crippen LogP contribution in [0.5, 0.6) is 0 Å². The van der Waals surface area contributed by atoms with Gasteiger partial charge in [0.1, 0.15) is 0 Å². The second-order valence-electron chi connectivity index (χ2n) is 8.80. The molecule has 0 aliphatic heterocycles. The summed E-state index contributed by atoms with van der Waals surface area (Å²) in [7, 11) is 3.28. The Morgan fingerprint density at radius 3 is 2.44 bits per heavy atom. The molecule has 0 saturated heterocycles. The van der Waals surface area contributed by atoms with E-state index in [9.17, 15) is 24.3 Å². The maximum absolute atomic E-state index is 12.9. The van der Waals surface area contributed by atoms with Crippen molar-refractivity contribution in [3.63, 3.8) is 0 Å². The Morgan fingerprint density at radius 2 is 1.77 bits per heavy atom. The largest absolute Gasteiger partial charge is 0.481 e. The normalized spacial score (nSPS) is 11.7. The second kappa shape index (κ2) is 14.8. The molecule has 0 radical (unpaired) electrons. The summed E-state index contributed by atoms with van der Waals surface area (Å²) in [5.41, 5.74) is 2.38. The molecule has 1 heterocycles. The van der Waals surface area contributed by atoms with E-state index >= 15 is 0 Å². The number of rotatable bonds is 14. The molecule has 0 aliphatic rings. The van der Waals surface area contributed by atoms with Gasteiger partial charge in [-0.3, -0.25) is 19.3 Å². The number of ether oxygens (including phenoxy) is 1. The molecule has 0 aliphatic carbocycles. The van der Waals surface area contributed by atoms with Gasteiger partial charge in [0.15, 0.2) is 5.78 Å². The van der Waals surface area contributed by atoms with E-state index in [1.54, 1.807) is 24.3 Å². The minimum atomic E-state index is -1.17. The van der Waals surface area contributed by atoms with Crippen molar-refractivity contribution in [3.8, 4) is 0 Å². The fourth-order valence-corrected chi connectivity index (χ4v) is 5.96. The van der Waals surface area contributed by atoms with Crippen LogP contribution in [0.4, 0.5) is 0 Å². The fraction of sp³-hybridized carbons (Fsp3) is 0.286. The smallest absolute Gasteiger partial charge is 0.337 e. The highest BCUT2D eigenvalue weighted by Gasteiger charge is 2.25. The number of Topliss-reactive ketones (excluding diaryl/α,β-unsaturated/α-hetero) is 1. The van der Waals surface area contributed by atoms with Crippen LogP contribution in [0.1, 0.15) is 42.5 Å². The van der Waals surface area contributed by atoms with E-state index in [2.05, 4.69) is 10.2 Å². The van der Waals surface area contributed by atoms with Gasteiger partial charge in [-0.05, 0) is 48.5 Å². The van der Waals surface area contributed by atoms with Crippen molar-refractivity contribution in [2.75, 3.05) is 19.9 Å². The van der Waals surface area contributed by atoms with E-state index in [0.29, 0.717) is 34.3 Å². The molecule has 206 valence electrons. The lowest BCUT2D eigenvalue weighted by molar-refractivity contribution is -0.139. The second-order valence-corrected chi connectivity index (χ2v) is 11.4. The molecule has 0 spiro atoms. The summed E-state index contributed by atoms with van der Waals surface area (Å²) in [5, 5.41) is 12.5. The first-order valence-corrected chi connectivity index (χ1v) is 14.3. The molecule has 2 N–H and O–H groups in total. The number of carbonyl (C=O) groups is 4. The molecule has 0 saturated carbocycles. The molecule has 11 heteroatoms. The van der Waals surface area contributed by atoms with Crippen LogP contribution in [0, 0.1) is 0 Å². The monoisotopic (exact) mass is 588 g/mol. The Balaban J connectivity index is 1.54. The minimum absolute atomic E-state index is 0.0462. The number of methoxy groups -OCH3 is 1. The maximum atomic E-state index is 12.9. The third kappa shape index (κ3) is 9.50. The SMILES string of the molecule is COC(=O)c1ccc(CN(C)Cc2ccc(C(=O)N[C@@H](CC(=O)O)C(=O)CSCc3ccccc3Cl)s2)cc1. The molecule has 0 bridgehead atoms. The number of amides is 1. The van der Waals surface area contributed by atoms with E-state index in [0.717, 1.165) is 16.0 Å². The van der Waals surface area contributed by atoms with Gasteiger partial charge in [-0.1, -0.05) is 41.9 Å². The van der Waals surface area contributed by atoms with E-state index in [1.165, 1.54) is 30.2 Å². The molecular formula is C28H29ClN2O6S2. The zero-order valence-electron chi connectivity index (χ0n) is 21.5. The molecule has 1 aromatic heterocycles. The first kappa shape index (κ1) is 30.4. The molecule has 1 atom stereocenters. The molecule has 0 unspecified atom stereocenters. The zero-order chi connectivity index (χ0) is 28.4.